The van der Waals surface area contributed by atoms with Crippen molar-refractivity contribution >= 4 is 35.5 Å². The molecule has 0 unspecified atom stereocenters. The van der Waals surface area contributed by atoms with Gasteiger partial charge in [-0.2, -0.15) is 0 Å². The number of nitrogens with one attached hydrogen (secondary N) is 1. The number of amides is 4. The Bertz CT molecular complexity index is 1390. The topological polar surface area (TPSA) is 94.2 Å². The van der Waals surface area contributed by atoms with Crippen LogP contribution in [0.1, 0.15) is 30.0 Å². The van der Waals surface area contributed by atoms with Crippen LogP contribution in [0.15, 0.2) is 72.3 Å². The van der Waals surface area contributed by atoms with E-state index in [-0.39, 0.29) is 18.7 Å². The van der Waals surface area contributed by atoms with E-state index in [1.807, 2.05) is 25.1 Å². The van der Waals surface area contributed by atoms with E-state index in [4.69, 9.17) is 25.8 Å². The zero-order valence-electron chi connectivity index (χ0n) is 21.0. The smallest absolute Gasteiger partial charge is 0.331 e. The van der Waals surface area contributed by atoms with Gasteiger partial charge in [-0.25, -0.2) is 4.79 Å². The molecule has 1 fully saturated rings. The lowest BCUT2D eigenvalue weighted by Crippen LogP contribution is -2.53. The van der Waals surface area contributed by atoms with Gasteiger partial charge < -0.3 is 14.2 Å². The molecule has 0 aromatic heterocycles. The molecule has 0 radical (unpaired) electrons. The van der Waals surface area contributed by atoms with Crippen molar-refractivity contribution in [3.05, 3.63) is 94.0 Å². The summed E-state index contributed by atoms with van der Waals surface area (Å²) in [5, 5.41) is 2.82. The maximum absolute atomic E-state index is 13.3. The zero-order chi connectivity index (χ0) is 27.1. The summed E-state index contributed by atoms with van der Waals surface area (Å²) in [6.45, 7) is 2.66. The van der Waals surface area contributed by atoms with Crippen molar-refractivity contribution in [2.24, 2.45) is 0 Å². The molecule has 0 aliphatic carbocycles. The Kier molecular flexibility index (Phi) is 8.66. The second-order valence-corrected chi connectivity index (χ2v) is 8.87. The molecule has 196 valence electrons. The molecule has 0 atom stereocenters. The fraction of sp³-hybridized carbons (Fsp3) is 0.207. The number of carbonyl (C=O) groups is 3. The van der Waals surface area contributed by atoms with Crippen molar-refractivity contribution < 1.29 is 28.6 Å². The summed E-state index contributed by atoms with van der Waals surface area (Å²) in [6.07, 6.45) is 2.26. The second-order valence-electron chi connectivity index (χ2n) is 8.46. The summed E-state index contributed by atoms with van der Waals surface area (Å²) >= 11 is 6.23. The Morgan fingerprint density at radius 1 is 0.921 bits per heavy atom. The van der Waals surface area contributed by atoms with Gasteiger partial charge in [-0.05, 0) is 42.3 Å². The third-order valence-corrected chi connectivity index (χ3v) is 6.14. The number of imide groups is 2. The highest BCUT2D eigenvalue weighted by Gasteiger charge is 2.36. The lowest BCUT2D eigenvalue weighted by atomic mass is 10.1. The normalized spacial score (nSPS) is 14.4. The number of benzene rings is 3. The van der Waals surface area contributed by atoms with Crippen molar-refractivity contribution in [2.45, 2.75) is 26.5 Å². The summed E-state index contributed by atoms with van der Waals surface area (Å²) in [5.41, 5.74) is 1.74. The van der Waals surface area contributed by atoms with Crippen LogP contribution in [0.2, 0.25) is 5.02 Å². The van der Waals surface area contributed by atoms with Crippen LogP contribution in [0, 0.1) is 0 Å². The lowest BCUT2D eigenvalue weighted by molar-refractivity contribution is -0.130. The van der Waals surface area contributed by atoms with E-state index in [0.29, 0.717) is 40.0 Å². The maximum atomic E-state index is 13.3. The molecule has 3 aromatic carbocycles. The molecule has 1 N–H and O–H groups in total. The van der Waals surface area contributed by atoms with Crippen LogP contribution < -0.4 is 19.5 Å². The SMILES string of the molecule is CCCOc1ccc(CN2C(=O)NC(=O)/C(=C\c3ccccc3OCc3ccccc3Cl)C2=O)cc1OC. The summed E-state index contributed by atoms with van der Waals surface area (Å²) in [7, 11) is 1.52. The maximum Gasteiger partial charge on any atom is 0.331 e. The van der Waals surface area contributed by atoms with E-state index in [0.717, 1.165) is 16.9 Å². The lowest BCUT2D eigenvalue weighted by Gasteiger charge is -2.26. The predicted molar refractivity (Wildman–Crippen MR) is 143 cm³/mol. The Morgan fingerprint density at radius 3 is 2.45 bits per heavy atom. The molecular formula is C29H27ClN2O6. The second kappa shape index (κ2) is 12.3. The number of ether oxygens (including phenoxy) is 3. The molecule has 1 aliphatic rings. The molecule has 0 saturated carbocycles. The first kappa shape index (κ1) is 26.8. The summed E-state index contributed by atoms with van der Waals surface area (Å²) in [4.78, 5) is 39.5. The molecule has 1 aliphatic heterocycles. The highest BCUT2D eigenvalue weighted by atomic mass is 35.5. The minimum Gasteiger partial charge on any atom is -0.493 e. The quantitative estimate of drug-likeness (QED) is 0.277. The largest absolute Gasteiger partial charge is 0.493 e. The Hall–Kier alpha value is -4.30. The number of hydrogen-bond acceptors (Lipinski definition) is 6. The number of barbiturate groups is 1. The highest BCUT2D eigenvalue weighted by molar-refractivity contribution is 6.31. The number of nitrogens with zero attached hydrogens (tertiary/aromatic N) is 1. The Balaban J connectivity index is 1.56. The van der Waals surface area contributed by atoms with Crippen molar-refractivity contribution in [3.8, 4) is 17.2 Å². The minimum atomic E-state index is -0.800. The predicted octanol–water partition coefficient (Wildman–Crippen LogP) is 5.38. The first-order valence-electron chi connectivity index (χ1n) is 12.0. The van der Waals surface area contributed by atoms with Crippen LogP contribution in [0.3, 0.4) is 0 Å². The van der Waals surface area contributed by atoms with Crippen LogP contribution in [0.5, 0.6) is 17.2 Å². The third-order valence-electron chi connectivity index (χ3n) is 5.78. The molecule has 1 saturated heterocycles. The first-order chi connectivity index (χ1) is 18.4. The standard InChI is InChI=1S/C29H27ClN2O6/c1-3-14-37-25-13-12-19(15-26(25)36-2)17-32-28(34)22(27(33)31-29(32)35)16-20-8-5-7-11-24(20)38-18-21-9-4-6-10-23(21)30/h4-13,15-16H,3,14,17-18H2,1-2H3,(H,31,33,35)/b22-16+. The molecule has 9 heteroatoms. The molecule has 1 heterocycles. The zero-order valence-corrected chi connectivity index (χ0v) is 21.8. The minimum absolute atomic E-state index is 0.0651. The molecule has 38 heavy (non-hydrogen) atoms. The highest BCUT2D eigenvalue weighted by Crippen LogP contribution is 2.30. The number of hydrogen-bond donors (Lipinski definition) is 1. The number of methoxy groups -OCH3 is 1. The molecule has 0 spiro atoms. The van der Waals surface area contributed by atoms with E-state index < -0.39 is 17.8 Å². The molecule has 3 aromatic rings. The van der Waals surface area contributed by atoms with Gasteiger partial charge in [0.2, 0.25) is 0 Å². The number of rotatable bonds is 10. The van der Waals surface area contributed by atoms with Crippen LogP contribution in [0.25, 0.3) is 6.08 Å². The van der Waals surface area contributed by atoms with Gasteiger partial charge in [-0.15, -0.1) is 0 Å². The van der Waals surface area contributed by atoms with Gasteiger partial charge in [0.05, 0.1) is 20.3 Å². The van der Waals surface area contributed by atoms with Gasteiger partial charge >= 0.3 is 6.03 Å². The van der Waals surface area contributed by atoms with Crippen LogP contribution in [-0.2, 0) is 22.7 Å². The molecule has 8 nitrogen and oxygen atoms in total. The average Bonchev–Trinajstić information content (AvgIpc) is 2.92. The molecule has 4 amide bonds. The van der Waals surface area contributed by atoms with E-state index >= 15 is 0 Å². The van der Waals surface area contributed by atoms with E-state index in [1.165, 1.54) is 13.2 Å². The Morgan fingerprint density at radius 2 is 1.68 bits per heavy atom. The Labute approximate surface area is 225 Å². The van der Waals surface area contributed by atoms with Crippen molar-refractivity contribution in [1.29, 1.82) is 0 Å². The van der Waals surface area contributed by atoms with Crippen LogP contribution >= 0.6 is 11.6 Å². The average molecular weight is 535 g/mol. The van der Waals surface area contributed by atoms with E-state index in [9.17, 15) is 14.4 Å². The summed E-state index contributed by atoms with van der Waals surface area (Å²) in [6, 6.07) is 18.7. The first-order valence-corrected chi connectivity index (χ1v) is 12.4. The number of urea groups is 1. The van der Waals surface area contributed by atoms with Gasteiger partial charge in [0, 0.05) is 16.1 Å². The summed E-state index contributed by atoms with van der Waals surface area (Å²) in [5.74, 6) is 0.00768. The summed E-state index contributed by atoms with van der Waals surface area (Å²) < 4.78 is 17.0. The monoisotopic (exact) mass is 534 g/mol. The number of para-hydroxylation sites is 1. The van der Waals surface area contributed by atoms with Crippen molar-refractivity contribution in [2.75, 3.05) is 13.7 Å². The molecule has 0 bridgehead atoms. The fourth-order valence-electron chi connectivity index (χ4n) is 3.82. The van der Waals surface area contributed by atoms with Gasteiger partial charge in [-0.3, -0.25) is 19.8 Å². The van der Waals surface area contributed by atoms with Crippen molar-refractivity contribution in [3.63, 3.8) is 0 Å². The number of carbonyl (C=O) groups excluding carboxylic acids is 3. The number of halogens is 1. The molecule has 4 rings (SSSR count). The van der Waals surface area contributed by atoms with Crippen molar-refractivity contribution in [1.82, 2.24) is 10.2 Å². The van der Waals surface area contributed by atoms with Gasteiger partial charge in [-0.1, -0.05) is 61.0 Å². The van der Waals surface area contributed by atoms with Crippen LogP contribution in [-0.4, -0.2) is 36.5 Å². The van der Waals surface area contributed by atoms with Gasteiger partial charge in [0.1, 0.15) is 17.9 Å². The van der Waals surface area contributed by atoms with Gasteiger partial charge in [0.15, 0.2) is 11.5 Å². The van der Waals surface area contributed by atoms with E-state index in [2.05, 4.69) is 5.32 Å². The molecular weight excluding hydrogens is 508 g/mol. The third kappa shape index (κ3) is 6.15. The fourth-order valence-corrected chi connectivity index (χ4v) is 4.01. The van der Waals surface area contributed by atoms with Crippen LogP contribution in [0.4, 0.5) is 4.79 Å². The van der Waals surface area contributed by atoms with E-state index in [1.54, 1.807) is 48.5 Å². The van der Waals surface area contributed by atoms with Gasteiger partial charge in [0.25, 0.3) is 11.8 Å².